The first-order chi connectivity index (χ1) is 14.2. The predicted octanol–water partition coefficient (Wildman–Crippen LogP) is 3.51. The molecule has 1 aliphatic heterocycles. The summed E-state index contributed by atoms with van der Waals surface area (Å²) < 4.78 is 2.01. The average Bonchev–Trinajstić information content (AvgIpc) is 3.41. The molecular formula is C22H28N6O. The number of rotatable bonds is 4. The molecular weight excluding hydrogens is 364 g/mol. The molecule has 3 aromatic rings. The summed E-state index contributed by atoms with van der Waals surface area (Å²) in [4.78, 5) is 18.7. The molecule has 0 amide bonds. The second-order valence-corrected chi connectivity index (χ2v) is 8.56. The molecule has 1 saturated heterocycles. The van der Waals surface area contributed by atoms with Gasteiger partial charge in [0.05, 0.1) is 6.04 Å². The first-order valence-electron chi connectivity index (χ1n) is 10.9. The van der Waals surface area contributed by atoms with Gasteiger partial charge >= 0.3 is 0 Å². The molecule has 7 heteroatoms. The van der Waals surface area contributed by atoms with Gasteiger partial charge in [-0.15, -0.1) is 5.10 Å². The summed E-state index contributed by atoms with van der Waals surface area (Å²) in [5.74, 6) is 0.816. The van der Waals surface area contributed by atoms with Crippen molar-refractivity contribution in [3.8, 4) is 0 Å². The van der Waals surface area contributed by atoms with Gasteiger partial charge in [0.2, 0.25) is 0 Å². The van der Waals surface area contributed by atoms with Crippen molar-refractivity contribution in [2.75, 3.05) is 13.1 Å². The average molecular weight is 393 g/mol. The Morgan fingerprint density at radius 3 is 2.66 bits per heavy atom. The normalized spacial score (nSPS) is 19.8. The Morgan fingerprint density at radius 1 is 1.07 bits per heavy atom. The van der Waals surface area contributed by atoms with E-state index in [-0.39, 0.29) is 11.6 Å². The van der Waals surface area contributed by atoms with E-state index in [4.69, 9.17) is 0 Å². The zero-order valence-corrected chi connectivity index (χ0v) is 17.0. The highest BCUT2D eigenvalue weighted by molar-refractivity contribution is 5.79. The van der Waals surface area contributed by atoms with Gasteiger partial charge in [-0.25, -0.2) is 4.68 Å². The SMILES string of the molecule is Cc1ccc2[nH]c(=O)c([C@H](c3nnnn3C3CCCC3)N3CCCCC3)cc2c1. The molecule has 2 aliphatic rings. The van der Waals surface area contributed by atoms with Gasteiger partial charge in [-0.1, -0.05) is 30.9 Å². The third-order valence-corrected chi connectivity index (χ3v) is 6.51. The topological polar surface area (TPSA) is 79.7 Å². The van der Waals surface area contributed by atoms with Crippen LogP contribution < -0.4 is 5.56 Å². The number of tetrazole rings is 1. The van der Waals surface area contributed by atoms with E-state index in [1.807, 2.05) is 22.9 Å². The molecule has 1 N–H and O–H groups in total. The van der Waals surface area contributed by atoms with Crippen molar-refractivity contribution in [2.45, 2.75) is 64.0 Å². The van der Waals surface area contributed by atoms with Crippen LogP contribution in [0.3, 0.4) is 0 Å². The summed E-state index contributed by atoms with van der Waals surface area (Å²) in [6.45, 7) is 4.01. The van der Waals surface area contributed by atoms with Crippen LogP contribution in [0.1, 0.15) is 74.0 Å². The second kappa shape index (κ2) is 7.71. The first-order valence-corrected chi connectivity index (χ1v) is 10.9. The number of hydrogen-bond donors (Lipinski definition) is 1. The molecule has 0 radical (unpaired) electrons. The van der Waals surface area contributed by atoms with Crippen LogP contribution in [0, 0.1) is 6.92 Å². The lowest BCUT2D eigenvalue weighted by atomic mass is 9.99. The van der Waals surface area contributed by atoms with E-state index in [1.54, 1.807) is 0 Å². The summed E-state index contributed by atoms with van der Waals surface area (Å²) in [5.41, 5.74) is 2.76. The van der Waals surface area contributed by atoms with Crippen LogP contribution >= 0.6 is 0 Å². The van der Waals surface area contributed by atoms with Crippen LogP contribution in [-0.4, -0.2) is 43.2 Å². The number of H-pyrrole nitrogens is 1. The van der Waals surface area contributed by atoms with Crippen molar-refractivity contribution >= 4 is 10.9 Å². The van der Waals surface area contributed by atoms with Gasteiger partial charge in [0, 0.05) is 11.1 Å². The smallest absolute Gasteiger partial charge is 0.253 e. The van der Waals surface area contributed by atoms with Gasteiger partial charge in [-0.05, 0) is 79.7 Å². The number of aromatic nitrogens is 5. The molecule has 2 fully saturated rings. The third kappa shape index (κ3) is 3.48. The monoisotopic (exact) mass is 392 g/mol. The number of pyridine rings is 1. The molecule has 152 valence electrons. The number of aromatic amines is 1. The van der Waals surface area contributed by atoms with Crippen molar-refractivity contribution in [1.29, 1.82) is 0 Å². The number of piperidine rings is 1. The molecule has 0 bridgehead atoms. The second-order valence-electron chi connectivity index (χ2n) is 8.56. The maximum absolute atomic E-state index is 13.2. The van der Waals surface area contributed by atoms with E-state index in [9.17, 15) is 4.79 Å². The largest absolute Gasteiger partial charge is 0.322 e. The van der Waals surface area contributed by atoms with Crippen molar-refractivity contribution in [2.24, 2.45) is 0 Å². The summed E-state index contributed by atoms with van der Waals surface area (Å²) in [6, 6.07) is 8.32. The number of aryl methyl sites for hydroxylation is 1. The molecule has 0 spiro atoms. The molecule has 2 aromatic heterocycles. The number of likely N-dealkylation sites (tertiary alicyclic amines) is 1. The highest BCUT2D eigenvalue weighted by Crippen LogP contribution is 2.34. The number of fused-ring (bicyclic) bond motifs is 1. The number of nitrogens with one attached hydrogen (secondary N) is 1. The van der Waals surface area contributed by atoms with Crippen molar-refractivity contribution in [3.63, 3.8) is 0 Å². The molecule has 1 saturated carbocycles. The Hall–Kier alpha value is -2.54. The molecule has 1 atom stereocenters. The van der Waals surface area contributed by atoms with Crippen LogP contribution in [-0.2, 0) is 0 Å². The van der Waals surface area contributed by atoms with Crippen molar-refractivity contribution in [1.82, 2.24) is 30.1 Å². The van der Waals surface area contributed by atoms with Gasteiger partial charge < -0.3 is 4.98 Å². The lowest BCUT2D eigenvalue weighted by molar-refractivity contribution is 0.174. The molecule has 0 unspecified atom stereocenters. The highest BCUT2D eigenvalue weighted by Gasteiger charge is 2.33. The minimum atomic E-state index is -0.209. The number of benzene rings is 1. The van der Waals surface area contributed by atoms with E-state index < -0.39 is 0 Å². The van der Waals surface area contributed by atoms with E-state index >= 15 is 0 Å². The molecule has 7 nitrogen and oxygen atoms in total. The standard InChI is InChI=1S/C22H28N6O/c1-15-9-10-19-16(13-15)14-18(22(29)23-19)20(27-11-5-2-6-12-27)21-24-25-26-28(21)17-7-3-4-8-17/h9-10,13-14,17,20H,2-8,11-12H2,1H3,(H,23,29)/t20-/m1/s1. The summed E-state index contributed by atoms with van der Waals surface area (Å²) in [7, 11) is 0. The van der Waals surface area contributed by atoms with Gasteiger partial charge in [0.25, 0.3) is 5.56 Å². The third-order valence-electron chi connectivity index (χ3n) is 6.51. The van der Waals surface area contributed by atoms with E-state index in [1.165, 1.54) is 24.8 Å². The highest BCUT2D eigenvalue weighted by atomic mass is 16.1. The molecule has 29 heavy (non-hydrogen) atoms. The molecule has 1 aromatic carbocycles. The Labute approximate surface area is 170 Å². The minimum absolute atomic E-state index is 0.0436. The number of nitrogens with zero attached hydrogens (tertiary/aromatic N) is 5. The molecule has 3 heterocycles. The van der Waals surface area contributed by atoms with Crippen molar-refractivity contribution < 1.29 is 0 Å². The maximum atomic E-state index is 13.2. The fraction of sp³-hybridized carbons (Fsp3) is 0.545. The van der Waals surface area contributed by atoms with Crippen LogP contribution in [0.25, 0.3) is 10.9 Å². The number of hydrogen-bond acceptors (Lipinski definition) is 5. The Morgan fingerprint density at radius 2 is 1.86 bits per heavy atom. The zero-order valence-electron chi connectivity index (χ0n) is 17.0. The summed E-state index contributed by atoms with van der Waals surface area (Å²) in [5, 5.41) is 13.9. The quantitative estimate of drug-likeness (QED) is 0.735. The van der Waals surface area contributed by atoms with Gasteiger partial charge in [-0.2, -0.15) is 0 Å². The van der Waals surface area contributed by atoms with Crippen molar-refractivity contribution in [3.05, 3.63) is 51.6 Å². The Balaban J connectivity index is 1.65. The van der Waals surface area contributed by atoms with Crippen LogP contribution in [0.5, 0.6) is 0 Å². The van der Waals surface area contributed by atoms with Crippen LogP contribution in [0.15, 0.2) is 29.1 Å². The van der Waals surface area contributed by atoms with Crippen LogP contribution in [0.2, 0.25) is 0 Å². The van der Waals surface area contributed by atoms with E-state index in [0.717, 1.165) is 61.1 Å². The Kier molecular flexibility index (Phi) is 4.91. The fourth-order valence-corrected chi connectivity index (χ4v) is 5.01. The predicted molar refractivity (Wildman–Crippen MR) is 112 cm³/mol. The lowest BCUT2D eigenvalue weighted by Crippen LogP contribution is -2.38. The Bertz CT molecular complexity index is 1060. The maximum Gasteiger partial charge on any atom is 0.253 e. The van der Waals surface area contributed by atoms with E-state index in [0.29, 0.717) is 6.04 Å². The molecule has 1 aliphatic carbocycles. The molecule has 5 rings (SSSR count). The van der Waals surface area contributed by atoms with Gasteiger partial charge in [0.1, 0.15) is 6.04 Å². The fourth-order valence-electron chi connectivity index (χ4n) is 5.01. The van der Waals surface area contributed by atoms with E-state index in [2.05, 4.69) is 38.4 Å². The summed E-state index contributed by atoms with van der Waals surface area (Å²) in [6.07, 6.45) is 8.18. The van der Waals surface area contributed by atoms with Gasteiger partial charge in [0.15, 0.2) is 5.82 Å². The minimum Gasteiger partial charge on any atom is -0.322 e. The van der Waals surface area contributed by atoms with Gasteiger partial charge in [-0.3, -0.25) is 9.69 Å². The summed E-state index contributed by atoms with van der Waals surface area (Å²) >= 11 is 0. The van der Waals surface area contributed by atoms with Crippen LogP contribution in [0.4, 0.5) is 0 Å². The lowest BCUT2D eigenvalue weighted by Gasteiger charge is -2.34. The first kappa shape index (κ1) is 18.5. The zero-order chi connectivity index (χ0) is 19.8.